The Hall–Kier alpha value is -1.13. The number of rotatable bonds is 4. The number of ether oxygens (including phenoxy) is 1. The number of pyridine rings is 1. The van der Waals surface area contributed by atoms with E-state index in [1.165, 1.54) is 5.56 Å². The fourth-order valence-corrected chi connectivity index (χ4v) is 2.58. The molecule has 0 aliphatic carbocycles. The van der Waals surface area contributed by atoms with Gasteiger partial charge in [0.25, 0.3) is 0 Å². The van der Waals surface area contributed by atoms with E-state index in [0.29, 0.717) is 6.04 Å². The second kappa shape index (κ2) is 6.35. The third kappa shape index (κ3) is 3.25. The third-order valence-corrected chi connectivity index (χ3v) is 3.78. The molecule has 2 rings (SSSR count). The fourth-order valence-electron chi connectivity index (χ4n) is 2.58. The lowest BCUT2D eigenvalue weighted by atomic mass is 10.1. The quantitative estimate of drug-likeness (QED) is 0.903. The zero-order valence-electron chi connectivity index (χ0n) is 12.4. The molecular weight excluding hydrogens is 238 g/mol. The van der Waals surface area contributed by atoms with E-state index in [9.17, 15) is 0 Å². The molecule has 1 aromatic rings. The number of hydrogen-bond donors (Lipinski definition) is 1. The van der Waals surface area contributed by atoms with E-state index in [1.807, 2.05) is 7.05 Å². The van der Waals surface area contributed by atoms with Crippen LogP contribution in [0.4, 0.5) is 5.82 Å². The van der Waals surface area contributed by atoms with Gasteiger partial charge in [-0.25, -0.2) is 4.98 Å². The summed E-state index contributed by atoms with van der Waals surface area (Å²) < 4.78 is 5.75. The average molecular weight is 263 g/mol. The second-order valence-corrected chi connectivity index (χ2v) is 5.30. The molecule has 4 nitrogen and oxygen atoms in total. The Labute approximate surface area is 116 Å². The minimum atomic E-state index is 0.280. The highest BCUT2D eigenvalue weighted by Gasteiger charge is 2.26. The summed E-state index contributed by atoms with van der Waals surface area (Å²) in [5, 5.41) is 3.18. The van der Waals surface area contributed by atoms with Gasteiger partial charge in [-0.05, 0) is 38.9 Å². The molecule has 2 heterocycles. The molecule has 1 aromatic heterocycles. The van der Waals surface area contributed by atoms with Crippen molar-refractivity contribution >= 4 is 5.82 Å². The van der Waals surface area contributed by atoms with Gasteiger partial charge in [0, 0.05) is 18.8 Å². The highest BCUT2D eigenvalue weighted by molar-refractivity contribution is 5.43. The van der Waals surface area contributed by atoms with Crippen molar-refractivity contribution in [1.82, 2.24) is 10.3 Å². The van der Waals surface area contributed by atoms with Crippen molar-refractivity contribution in [3.8, 4) is 0 Å². The van der Waals surface area contributed by atoms with Gasteiger partial charge in [-0.1, -0.05) is 13.0 Å². The Morgan fingerprint density at radius 3 is 2.89 bits per heavy atom. The summed E-state index contributed by atoms with van der Waals surface area (Å²) in [6.45, 7) is 9.02. The molecule has 2 atom stereocenters. The Balaban J connectivity index is 2.21. The predicted octanol–water partition coefficient (Wildman–Crippen LogP) is 2.11. The van der Waals surface area contributed by atoms with Crippen LogP contribution >= 0.6 is 0 Å². The number of nitrogens with zero attached hydrogens (tertiary/aromatic N) is 2. The van der Waals surface area contributed by atoms with Crippen LogP contribution in [-0.2, 0) is 11.3 Å². The Bertz CT molecular complexity index is 422. The van der Waals surface area contributed by atoms with Crippen LogP contribution < -0.4 is 10.2 Å². The number of anilines is 1. The number of aromatic nitrogens is 1. The molecular formula is C15H25N3O. The molecule has 1 saturated heterocycles. The molecule has 0 saturated carbocycles. The van der Waals surface area contributed by atoms with Crippen LogP contribution in [0.1, 0.15) is 31.5 Å². The molecule has 0 spiro atoms. The van der Waals surface area contributed by atoms with Gasteiger partial charge >= 0.3 is 0 Å². The lowest BCUT2D eigenvalue weighted by molar-refractivity contribution is 0.0296. The summed E-state index contributed by atoms with van der Waals surface area (Å²) in [7, 11) is 1.96. The largest absolute Gasteiger partial charge is 0.375 e. The predicted molar refractivity (Wildman–Crippen MR) is 78.6 cm³/mol. The highest BCUT2D eigenvalue weighted by atomic mass is 16.5. The van der Waals surface area contributed by atoms with Crippen LogP contribution in [0.3, 0.4) is 0 Å². The van der Waals surface area contributed by atoms with Crippen LogP contribution in [0.15, 0.2) is 12.1 Å². The first-order valence-corrected chi connectivity index (χ1v) is 7.15. The lowest BCUT2D eigenvalue weighted by Crippen LogP contribution is -2.49. The van der Waals surface area contributed by atoms with E-state index >= 15 is 0 Å². The molecule has 0 aromatic carbocycles. The first-order valence-electron chi connectivity index (χ1n) is 7.15. The summed E-state index contributed by atoms with van der Waals surface area (Å²) >= 11 is 0. The summed E-state index contributed by atoms with van der Waals surface area (Å²) in [4.78, 5) is 7.17. The molecule has 1 N–H and O–H groups in total. The van der Waals surface area contributed by atoms with Gasteiger partial charge in [0.15, 0.2) is 0 Å². The SMILES string of the molecule is CCC1COC(C)CN1c1ccc(CNC)c(C)n1. The Kier molecular flexibility index (Phi) is 4.77. The van der Waals surface area contributed by atoms with E-state index in [0.717, 1.165) is 37.6 Å². The van der Waals surface area contributed by atoms with Gasteiger partial charge in [-0.15, -0.1) is 0 Å². The van der Waals surface area contributed by atoms with Crippen molar-refractivity contribution in [2.24, 2.45) is 0 Å². The lowest BCUT2D eigenvalue weighted by Gasteiger charge is -2.39. The van der Waals surface area contributed by atoms with Gasteiger partial charge in [-0.2, -0.15) is 0 Å². The summed E-state index contributed by atoms with van der Waals surface area (Å²) in [5.41, 5.74) is 2.38. The van der Waals surface area contributed by atoms with Gasteiger partial charge in [0.2, 0.25) is 0 Å². The number of morpholine rings is 1. The van der Waals surface area contributed by atoms with Gasteiger partial charge in [0.05, 0.1) is 18.8 Å². The van der Waals surface area contributed by atoms with E-state index in [2.05, 4.69) is 43.1 Å². The van der Waals surface area contributed by atoms with Crippen LogP contribution in [0, 0.1) is 6.92 Å². The molecule has 1 aliphatic rings. The van der Waals surface area contributed by atoms with Gasteiger partial charge in [0.1, 0.15) is 5.82 Å². The average Bonchev–Trinajstić information content (AvgIpc) is 2.41. The maximum atomic E-state index is 5.75. The van der Waals surface area contributed by atoms with Crippen molar-refractivity contribution < 1.29 is 4.74 Å². The monoisotopic (exact) mass is 263 g/mol. The first-order chi connectivity index (χ1) is 9.15. The highest BCUT2D eigenvalue weighted by Crippen LogP contribution is 2.23. The Morgan fingerprint density at radius 1 is 1.47 bits per heavy atom. The van der Waals surface area contributed by atoms with Crippen molar-refractivity contribution in [2.75, 3.05) is 25.1 Å². The third-order valence-electron chi connectivity index (χ3n) is 3.78. The normalized spacial score (nSPS) is 23.7. The minimum Gasteiger partial charge on any atom is -0.375 e. The van der Waals surface area contributed by atoms with E-state index in [1.54, 1.807) is 0 Å². The van der Waals surface area contributed by atoms with Gasteiger partial charge in [-0.3, -0.25) is 0 Å². The van der Waals surface area contributed by atoms with E-state index in [4.69, 9.17) is 9.72 Å². The molecule has 1 fully saturated rings. The van der Waals surface area contributed by atoms with Crippen molar-refractivity contribution in [3.63, 3.8) is 0 Å². The molecule has 2 unspecified atom stereocenters. The van der Waals surface area contributed by atoms with Crippen molar-refractivity contribution in [3.05, 3.63) is 23.4 Å². The van der Waals surface area contributed by atoms with E-state index < -0.39 is 0 Å². The fraction of sp³-hybridized carbons (Fsp3) is 0.667. The maximum Gasteiger partial charge on any atom is 0.129 e. The van der Waals surface area contributed by atoms with E-state index in [-0.39, 0.29) is 6.10 Å². The number of aryl methyl sites for hydroxylation is 1. The zero-order chi connectivity index (χ0) is 13.8. The molecule has 4 heteroatoms. The Morgan fingerprint density at radius 2 is 2.26 bits per heavy atom. The smallest absolute Gasteiger partial charge is 0.129 e. The minimum absolute atomic E-state index is 0.280. The summed E-state index contributed by atoms with van der Waals surface area (Å²) in [6.07, 6.45) is 1.37. The van der Waals surface area contributed by atoms with Gasteiger partial charge < -0.3 is 15.0 Å². The van der Waals surface area contributed by atoms with Crippen molar-refractivity contribution in [2.45, 2.75) is 45.9 Å². The summed E-state index contributed by atoms with van der Waals surface area (Å²) in [6, 6.07) is 4.76. The maximum absolute atomic E-state index is 5.75. The molecule has 0 radical (unpaired) electrons. The van der Waals surface area contributed by atoms with Crippen molar-refractivity contribution in [1.29, 1.82) is 0 Å². The molecule has 106 valence electrons. The first kappa shape index (κ1) is 14.3. The van der Waals surface area contributed by atoms with Crippen LogP contribution in [0.2, 0.25) is 0 Å². The van der Waals surface area contributed by atoms with Crippen LogP contribution in [-0.4, -0.2) is 37.3 Å². The number of hydrogen-bond acceptors (Lipinski definition) is 4. The van der Waals surface area contributed by atoms with Crippen LogP contribution in [0.5, 0.6) is 0 Å². The summed E-state index contributed by atoms with van der Waals surface area (Å²) in [5.74, 6) is 1.08. The molecule has 0 bridgehead atoms. The zero-order valence-corrected chi connectivity index (χ0v) is 12.4. The number of nitrogens with one attached hydrogen (secondary N) is 1. The standard InChI is InChI=1S/C15H25N3O/c1-5-14-10-19-11(2)9-18(14)15-7-6-13(8-16-4)12(3)17-15/h6-7,11,14,16H,5,8-10H2,1-4H3. The molecule has 19 heavy (non-hydrogen) atoms. The van der Waals surface area contributed by atoms with Crippen LogP contribution in [0.25, 0.3) is 0 Å². The molecule has 1 aliphatic heterocycles. The molecule has 0 amide bonds. The second-order valence-electron chi connectivity index (χ2n) is 5.30. The topological polar surface area (TPSA) is 37.4 Å².